The molecule has 0 radical (unpaired) electrons. The molecule has 1 amide bonds. The molecule has 7 nitrogen and oxygen atoms in total. The minimum atomic E-state index is -1.03. The summed E-state index contributed by atoms with van der Waals surface area (Å²) in [5, 5.41) is 15.0. The largest absolute Gasteiger partial charge is 0.480 e. The Morgan fingerprint density at radius 3 is 2.78 bits per heavy atom. The summed E-state index contributed by atoms with van der Waals surface area (Å²) in [5.74, 6) is 0.868. The van der Waals surface area contributed by atoms with Crippen LogP contribution in [0.1, 0.15) is 25.1 Å². The third-order valence-electron chi connectivity index (χ3n) is 2.03. The number of aryl methyl sites for hydroxylation is 1. The summed E-state index contributed by atoms with van der Waals surface area (Å²) in [7, 11) is 0. The second-order valence-corrected chi connectivity index (χ2v) is 4.77. The fourth-order valence-corrected chi connectivity index (χ4v) is 2.11. The van der Waals surface area contributed by atoms with Gasteiger partial charge in [0.15, 0.2) is 5.82 Å². The maximum atomic E-state index is 10.8. The Bertz CT molecular complexity index is 421. The van der Waals surface area contributed by atoms with Gasteiger partial charge in [-0.05, 0) is 12.2 Å². The molecule has 1 atom stereocenters. The Labute approximate surface area is 108 Å². The first-order valence-corrected chi connectivity index (χ1v) is 6.51. The van der Waals surface area contributed by atoms with E-state index in [1.54, 1.807) is 6.92 Å². The van der Waals surface area contributed by atoms with E-state index in [0.717, 1.165) is 0 Å². The van der Waals surface area contributed by atoms with Crippen molar-refractivity contribution in [2.75, 3.05) is 5.75 Å². The van der Waals surface area contributed by atoms with Crippen LogP contribution in [0.2, 0.25) is 0 Å². The second kappa shape index (κ2) is 7.00. The maximum absolute atomic E-state index is 10.8. The lowest BCUT2D eigenvalue weighted by Gasteiger charge is -2.12. The summed E-state index contributed by atoms with van der Waals surface area (Å²) in [4.78, 5) is 25.7. The van der Waals surface area contributed by atoms with Crippen LogP contribution < -0.4 is 5.32 Å². The highest BCUT2D eigenvalue weighted by atomic mass is 32.2. The van der Waals surface area contributed by atoms with Crippen molar-refractivity contribution in [2.45, 2.75) is 32.1 Å². The molecule has 2 N–H and O–H groups in total. The average molecular weight is 273 g/mol. The predicted molar refractivity (Wildman–Crippen MR) is 65.1 cm³/mol. The topological polar surface area (TPSA) is 105 Å². The van der Waals surface area contributed by atoms with E-state index in [0.29, 0.717) is 29.6 Å². The molecule has 1 heterocycles. The van der Waals surface area contributed by atoms with E-state index in [9.17, 15) is 9.59 Å². The Morgan fingerprint density at radius 2 is 2.28 bits per heavy atom. The van der Waals surface area contributed by atoms with E-state index in [-0.39, 0.29) is 5.91 Å². The standard InChI is InChI=1S/C10H15N3O4S/c1-6(14)11-8(10(15)16)3-4-18-5-9-12-7(2)17-13-9/h8H,3-5H2,1-2H3,(H,11,14)(H,15,16). The zero-order valence-corrected chi connectivity index (χ0v) is 11.0. The minimum Gasteiger partial charge on any atom is -0.480 e. The molecule has 0 spiro atoms. The van der Waals surface area contributed by atoms with Crippen molar-refractivity contribution in [2.24, 2.45) is 0 Å². The van der Waals surface area contributed by atoms with E-state index in [4.69, 9.17) is 9.63 Å². The number of nitrogens with zero attached hydrogens (tertiary/aromatic N) is 2. The van der Waals surface area contributed by atoms with Crippen molar-refractivity contribution in [1.82, 2.24) is 15.5 Å². The number of carbonyl (C=O) groups is 2. The van der Waals surface area contributed by atoms with Gasteiger partial charge in [-0.3, -0.25) is 4.79 Å². The Kier molecular flexibility index (Phi) is 5.63. The number of hydrogen-bond acceptors (Lipinski definition) is 6. The van der Waals surface area contributed by atoms with E-state index in [2.05, 4.69) is 15.5 Å². The Balaban J connectivity index is 2.26. The van der Waals surface area contributed by atoms with Gasteiger partial charge < -0.3 is 14.9 Å². The van der Waals surface area contributed by atoms with E-state index >= 15 is 0 Å². The van der Waals surface area contributed by atoms with Gasteiger partial charge in [0.1, 0.15) is 6.04 Å². The van der Waals surface area contributed by atoms with Gasteiger partial charge in [-0.1, -0.05) is 5.16 Å². The third-order valence-corrected chi connectivity index (χ3v) is 3.01. The van der Waals surface area contributed by atoms with Gasteiger partial charge in [-0.15, -0.1) is 0 Å². The first-order valence-electron chi connectivity index (χ1n) is 5.36. The summed E-state index contributed by atoms with van der Waals surface area (Å²) in [6.07, 6.45) is 0.358. The Hall–Kier alpha value is -1.57. The molecule has 18 heavy (non-hydrogen) atoms. The molecule has 1 aromatic rings. The summed E-state index contributed by atoms with van der Waals surface area (Å²) < 4.78 is 4.81. The molecule has 0 bridgehead atoms. The highest BCUT2D eigenvalue weighted by Gasteiger charge is 2.17. The third kappa shape index (κ3) is 5.17. The van der Waals surface area contributed by atoms with Gasteiger partial charge >= 0.3 is 5.97 Å². The van der Waals surface area contributed by atoms with Gasteiger partial charge in [0.05, 0.1) is 5.75 Å². The minimum absolute atomic E-state index is 0.346. The molecule has 0 aliphatic heterocycles. The lowest BCUT2D eigenvalue weighted by Crippen LogP contribution is -2.39. The molecular formula is C10H15N3O4S. The summed E-state index contributed by atoms with van der Waals surface area (Å²) >= 11 is 1.49. The van der Waals surface area contributed by atoms with Crippen molar-refractivity contribution in [1.29, 1.82) is 0 Å². The van der Waals surface area contributed by atoms with Crippen LogP contribution in [0.5, 0.6) is 0 Å². The molecule has 1 aromatic heterocycles. The van der Waals surface area contributed by atoms with Crippen LogP contribution in [0.4, 0.5) is 0 Å². The molecule has 8 heteroatoms. The van der Waals surface area contributed by atoms with Crippen LogP contribution in [0.25, 0.3) is 0 Å². The van der Waals surface area contributed by atoms with Crippen molar-refractivity contribution in [3.8, 4) is 0 Å². The molecule has 0 fully saturated rings. The van der Waals surface area contributed by atoms with E-state index < -0.39 is 12.0 Å². The molecule has 1 rings (SSSR count). The highest BCUT2D eigenvalue weighted by Crippen LogP contribution is 2.11. The number of carboxylic acid groups (broad SMARTS) is 1. The molecule has 0 aliphatic rings. The molecule has 0 aromatic carbocycles. The highest BCUT2D eigenvalue weighted by molar-refractivity contribution is 7.98. The number of hydrogen-bond donors (Lipinski definition) is 2. The molecule has 0 saturated carbocycles. The van der Waals surface area contributed by atoms with Crippen LogP contribution in [0.3, 0.4) is 0 Å². The number of amides is 1. The molecule has 0 saturated heterocycles. The predicted octanol–water partition coefficient (Wildman–Crippen LogP) is 0.591. The summed E-state index contributed by atoms with van der Waals surface area (Å²) in [6.45, 7) is 3.00. The zero-order chi connectivity index (χ0) is 13.5. The average Bonchev–Trinajstić information content (AvgIpc) is 2.68. The first-order chi connectivity index (χ1) is 8.49. The van der Waals surface area contributed by atoms with Crippen LogP contribution >= 0.6 is 11.8 Å². The SMILES string of the molecule is CC(=O)NC(CCSCc1noc(C)n1)C(=O)O. The molecular weight excluding hydrogens is 258 g/mol. The van der Waals surface area contributed by atoms with Crippen molar-refractivity contribution >= 4 is 23.6 Å². The number of thioether (sulfide) groups is 1. The second-order valence-electron chi connectivity index (χ2n) is 3.66. The normalized spacial score (nSPS) is 12.1. The number of carbonyl (C=O) groups excluding carboxylic acids is 1. The molecule has 1 unspecified atom stereocenters. The smallest absolute Gasteiger partial charge is 0.326 e. The monoisotopic (exact) mass is 273 g/mol. The van der Waals surface area contributed by atoms with Crippen LogP contribution in [0.15, 0.2) is 4.52 Å². The van der Waals surface area contributed by atoms with Crippen molar-refractivity contribution in [3.05, 3.63) is 11.7 Å². The fourth-order valence-electron chi connectivity index (χ4n) is 1.27. The first kappa shape index (κ1) is 14.5. The zero-order valence-electron chi connectivity index (χ0n) is 10.2. The number of rotatable bonds is 7. The van der Waals surface area contributed by atoms with E-state index in [1.807, 2.05) is 0 Å². The quantitative estimate of drug-likeness (QED) is 0.700. The van der Waals surface area contributed by atoms with Gasteiger partial charge in [-0.2, -0.15) is 16.7 Å². The summed E-state index contributed by atoms with van der Waals surface area (Å²) in [5.41, 5.74) is 0. The summed E-state index contributed by atoms with van der Waals surface area (Å²) in [6, 6.07) is -0.845. The van der Waals surface area contributed by atoms with Gasteiger partial charge in [0.2, 0.25) is 11.8 Å². The maximum Gasteiger partial charge on any atom is 0.326 e. The van der Waals surface area contributed by atoms with Gasteiger partial charge in [0.25, 0.3) is 0 Å². The Morgan fingerprint density at radius 1 is 1.56 bits per heavy atom. The van der Waals surface area contributed by atoms with Crippen LogP contribution in [-0.2, 0) is 15.3 Å². The molecule has 0 aliphatic carbocycles. The van der Waals surface area contributed by atoms with Crippen LogP contribution in [0, 0.1) is 6.92 Å². The fraction of sp³-hybridized carbons (Fsp3) is 0.600. The van der Waals surface area contributed by atoms with Gasteiger partial charge in [0, 0.05) is 13.8 Å². The lowest BCUT2D eigenvalue weighted by atomic mass is 10.2. The number of nitrogens with one attached hydrogen (secondary N) is 1. The molecule has 100 valence electrons. The lowest BCUT2D eigenvalue weighted by molar-refractivity contribution is -0.141. The number of aliphatic carboxylic acids is 1. The number of aromatic nitrogens is 2. The van der Waals surface area contributed by atoms with Crippen molar-refractivity contribution < 1.29 is 19.2 Å². The number of carboxylic acids is 1. The van der Waals surface area contributed by atoms with Gasteiger partial charge in [-0.25, -0.2) is 4.79 Å². The van der Waals surface area contributed by atoms with Crippen LogP contribution in [-0.4, -0.2) is 38.9 Å². The van der Waals surface area contributed by atoms with Crippen molar-refractivity contribution in [3.63, 3.8) is 0 Å². The van der Waals surface area contributed by atoms with E-state index in [1.165, 1.54) is 18.7 Å².